The van der Waals surface area contributed by atoms with Crippen LogP contribution in [0.1, 0.15) is 77.3 Å². The lowest BCUT2D eigenvalue weighted by Crippen LogP contribution is -2.55. The van der Waals surface area contributed by atoms with E-state index in [1.807, 2.05) is 41.7 Å². The fraction of sp³-hybridized carbons (Fsp3) is 0.641. The quantitative estimate of drug-likeness (QED) is 0.388. The van der Waals surface area contributed by atoms with Crippen LogP contribution >= 0.6 is 11.3 Å². The molecule has 4 fully saturated rings. The summed E-state index contributed by atoms with van der Waals surface area (Å²) in [4.78, 5) is 59.3. The number of hydrogen-bond acceptors (Lipinski definition) is 12. The summed E-state index contributed by atoms with van der Waals surface area (Å²) < 4.78 is 26.2. The Hall–Kier alpha value is -3.77. The molecule has 15 nitrogen and oxygen atoms in total. The Kier molecular flexibility index (Phi) is 11.1. The third-order valence-corrected chi connectivity index (χ3v) is 14.7. The fourth-order valence-corrected chi connectivity index (χ4v) is 11.2. The molecule has 4 saturated heterocycles. The topological polar surface area (TPSA) is 157 Å². The van der Waals surface area contributed by atoms with Gasteiger partial charge in [0.1, 0.15) is 0 Å². The van der Waals surface area contributed by atoms with Crippen LogP contribution < -0.4 is 5.32 Å². The number of aryl methyl sites for hydroxylation is 1. The molecule has 0 radical (unpaired) electrons. The van der Waals surface area contributed by atoms with Gasteiger partial charge in [-0.25, -0.2) is 18.1 Å². The standard InChI is InChI=1S/C39H54N10O5S2/c1-25-33-19-36(50)40-28-17-34(47(22-28)20-26-5-7-32(8-6-26)56(4,53)54)38(51)46-15-11-30(12-16-46)48-24-31(49-23-29(42-43-49)21-44(2)3)18-35(48)39(52)45-13-9-27(10-14-45)37(41-33)55-25/h5-8,23,27-28,30-31,34-35H,9-22,24H2,1-4H3,(H,40,50)/t28-,31+,34+,35+/m1/s1. The predicted octanol–water partition coefficient (Wildman–Crippen LogP) is 1.84. The van der Waals surface area contributed by atoms with Crippen molar-refractivity contribution in [1.29, 1.82) is 0 Å². The summed E-state index contributed by atoms with van der Waals surface area (Å²) in [5.41, 5.74) is 2.59. The molecule has 0 saturated carbocycles. The van der Waals surface area contributed by atoms with Crippen molar-refractivity contribution in [3.05, 3.63) is 57.3 Å². The van der Waals surface area contributed by atoms with Crippen molar-refractivity contribution in [3.63, 3.8) is 0 Å². The molecule has 1 N–H and O–H groups in total. The molecule has 2 aromatic heterocycles. The van der Waals surface area contributed by atoms with E-state index in [1.165, 1.54) is 6.26 Å². The van der Waals surface area contributed by atoms with Crippen molar-refractivity contribution in [2.75, 3.05) is 59.6 Å². The average Bonchev–Trinajstić information content (AvgIpc) is 3.97. The first kappa shape index (κ1) is 39.1. The number of fused-ring (bicyclic) bond motifs is 2. The molecule has 0 unspecified atom stereocenters. The molecule has 8 bridgehead atoms. The second kappa shape index (κ2) is 15.9. The normalized spacial score (nSPS) is 28.3. The van der Waals surface area contributed by atoms with Gasteiger partial charge in [0.25, 0.3) is 0 Å². The Morgan fingerprint density at radius 1 is 0.893 bits per heavy atom. The van der Waals surface area contributed by atoms with Crippen molar-refractivity contribution in [2.24, 2.45) is 0 Å². The summed E-state index contributed by atoms with van der Waals surface area (Å²) in [5.74, 6) is 0.363. The smallest absolute Gasteiger partial charge is 0.240 e. The minimum absolute atomic E-state index is 0.0255. The number of thiazole rings is 1. The Bertz CT molecular complexity index is 2040. The third kappa shape index (κ3) is 8.28. The van der Waals surface area contributed by atoms with E-state index in [-0.39, 0.29) is 59.1 Å². The SMILES string of the molecule is Cc1sc2nc1CC(=O)N[C@@H]1C[C@@H](C(=O)N3CCC(CC3)N3C[C@@H](n4cc(CN(C)C)nn4)C[C@H]3C(=O)N3CCC2CC3)N(Cc2ccc(S(C)(=O)=O)cc2)C1. The van der Waals surface area contributed by atoms with E-state index in [4.69, 9.17) is 4.98 Å². The zero-order valence-corrected chi connectivity index (χ0v) is 34.5. The molecule has 7 aliphatic rings. The van der Waals surface area contributed by atoms with E-state index in [1.54, 1.807) is 35.6 Å². The van der Waals surface area contributed by atoms with Crippen molar-refractivity contribution in [2.45, 2.75) is 106 Å². The number of likely N-dealkylation sites (tertiary alicyclic amines) is 1. The molecule has 3 aromatic rings. The maximum Gasteiger partial charge on any atom is 0.240 e. The minimum atomic E-state index is -3.34. The van der Waals surface area contributed by atoms with Gasteiger partial charge in [0.15, 0.2) is 9.84 Å². The number of hydrogen-bond donors (Lipinski definition) is 1. The van der Waals surface area contributed by atoms with E-state index in [9.17, 15) is 22.8 Å². The van der Waals surface area contributed by atoms with Crippen LogP contribution in [-0.2, 0) is 43.7 Å². The van der Waals surface area contributed by atoms with Gasteiger partial charge >= 0.3 is 0 Å². The number of amides is 3. The van der Waals surface area contributed by atoms with Crippen LogP contribution in [0.5, 0.6) is 0 Å². The predicted molar refractivity (Wildman–Crippen MR) is 211 cm³/mol. The minimum Gasteiger partial charge on any atom is -0.352 e. The number of rotatable bonds is 6. The molecule has 0 spiro atoms. The zero-order valence-electron chi connectivity index (χ0n) is 32.8. The molecule has 7 aliphatic heterocycles. The van der Waals surface area contributed by atoms with Gasteiger partial charge in [-0.1, -0.05) is 17.3 Å². The molecule has 17 heteroatoms. The lowest BCUT2D eigenvalue weighted by molar-refractivity contribution is -0.141. The number of sulfone groups is 1. The van der Waals surface area contributed by atoms with E-state index >= 15 is 0 Å². The van der Waals surface area contributed by atoms with Gasteiger partial charge in [0, 0.05) is 81.5 Å². The Balaban J connectivity index is 1.06. The van der Waals surface area contributed by atoms with Gasteiger partial charge in [0.2, 0.25) is 17.7 Å². The third-order valence-electron chi connectivity index (χ3n) is 12.4. The van der Waals surface area contributed by atoms with Gasteiger partial charge in [-0.15, -0.1) is 16.4 Å². The lowest BCUT2D eigenvalue weighted by Gasteiger charge is -2.41. The molecule has 4 atom stereocenters. The maximum absolute atomic E-state index is 14.5. The van der Waals surface area contributed by atoms with Crippen LogP contribution in [0, 0.1) is 6.92 Å². The van der Waals surface area contributed by atoms with Crippen LogP contribution in [-0.4, -0.2) is 154 Å². The van der Waals surface area contributed by atoms with Crippen LogP contribution in [0.4, 0.5) is 0 Å². The first-order valence-corrected chi connectivity index (χ1v) is 22.7. The number of piperidine rings is 2. The summed E-state index contributed by atoms with van der Waals surface area (Å²) in [6, 6.07) is 6.07. The summed E-state index contributed by atoms with van der Waals surface area (Å²) in [7, 11) is 0.684. The number of carbonyl (C=O) groups is 3. The number of nitrogens with one attached hydrogen (secondary N) is 1. The van der Waals surface area contributed by atoms with Gasteiger partial charge in [-0.3, -0.25) is 24.2 Å². The van der Waals surface area contributed by atoms with Gasteiger partial charge < -0.3 is 20.0 Å². The van der Waals surface area contributed by atoms with Crippen LogP contribution in [0.2, 0.25) is 0 Å². The number of carbonyl (C=O) groups excluding carboxylic acids is 3. The second-order valence-electron chi connectivity index (χ2n) is 16.8. The van der Waals surface area contributed by atoms with Crippen molar-refractivity contribution >= 4 is 38.9 Å². The summed E-state index contributed by atoms with van der Waals surface area (Å²) >= 11 is 1.66. The van der Waals surface area contributed by atoms with Crippen LogP contribution in [0.25, 0.3) is 0 Å². The van der Waals surface area contributed by atoms with Crippen molar-refractivity contribution < 1.29 is 22.8 Å². The van der Waals surface area contributed by atoms with Gasteiger partial charge in [0.05, 0.1) is 52.0 Å². The second-order valence-corrected chi connectivity index (χ2v) is 20.0. The molecule has 302 valence electrons. The number of benzene rings is 1. The van der Waals surface area contributed by atoms with E-state index in [2.05, 4.69) is 30.3 Å². The monoisotopic (exact) mass is 806 g/mol. The highest BCUT2D eigenvalue weighted by Crippen LogP contribution is 2.37. The fourth-order valence-electron chi connectivity index (χ4n) is 9.49. The Labute approximate surface area is 333 Å². The molecule has 56 heavy (non-hydrogen) atoms. The molecule has 9 heterocycles. The van der Waals surface area contributed by atoms with E-state index in [0.29, 0.717) is 65.2 Å². The maximum atomic E-state index is 14.5. The highest BCUT2D eigenvalue weighted by molar-refractivity contribution is 7.90. The van der Waals surface area contributed by atoms with Crippen LogP contribution in [0.15, 0.2) is 35.4 Å². The highest BCUT2D eigenvalue weighted by Gasteiger charge is 2.46. The van der Waals surface area contributed by atoms with E-state index < -0.39 is 15.9 Å². The lowest BCUT2D eigenvalue weighted by atomic mass is 9.96. The summed E-state index contributed by atoms with van der Waals surface area (Å²) in [6.45, 7) is 6.90. The first-order valence-electron chi connectivity index (χ1n) is 20.0. The number of nitrogens with zero attached hydrogens (tertiary/aromatic N) is 9. The Morgan fingerprint density at radius 3 is 2.25 bits per heavy atom. The zero-order chi connectivity index (χ0) is 39.3. The molecular weight excluding hydrogens is 753 g/mol. The van der Waals surface area contributed by atoms with Crippen LogP contribution in [0.3, 0.4) is 0 Å². The average molecular weight is 807 g/mol. The first-order chi connectivity index (χ1) is 26.8. The Morgan fingerprint density at radius 2 is 1.57 bits per heavy atom. The van der Waals surface area contributed by atoms with Gasteiger partial charge in [-0.2, -0.15) is 0 Å². The largest absolute Gasteiger partial charge is 0.352 e. The van der Waals surface area contributed by atoms with Gasteiger partial charge in [-0.05, 0) is 77.2 Å². The number of aromatic nitrogens is 4. The van der Waals surface area contributed by atoms with Crippen molar-refractivity contribution in [1.82, 2.24) is 49.8 Å². The van der Waals surface area contributed by atoms with E-state index in [0.717, 1.165) is 52.5 Å². The molecule has 3 amide bonds. The summed E-state index contributed by atoms with van der Waals surface area (Å²) in [5, 5.41) is 13.2. The molecule has 0 aliphatic carbocycles. The highest BCUT2D eigenvalue weighted by atomic mass is 32.2. The summed E-state index contributed by atoms with van der Waals surface area (Å²) in [6.07, 6.45) is 7.75. The molecular formula is C39H54N10O5S2. The molecule has 10 rings (SSSR count). The molecule has 1 aromatic carbocycles. The van der Waals surface area contributed by atoms with Crippen molar-refractivity contribution in [3.8, 4) is 0 Å².